The van der Waals surface area contributed by atoms with Crippen LogP contribution in [0, 0.1) is 0 Å². The molecule has 0 fully saturated rings. The lowest BCUT2D eigenvalue weighted by atomic mass is 10.3. The summed E-state index contributed by atoms with van der Waals surface area (Å²) in [5.74, 6) is 0.473. The molecule has 5 nitrogen and oxygen atoms in total. The van der Waals surface area contributed by atoms with Gasteiger partial charge in [-0.05, 0) is 24.3 Å². The number of nitrogens with one attached hydrogen (secondary N) is 1. The van der Waals surface area contributed by atoms with Crippen LogP contribution in [0.25, 0.3) is 11.1 Å². The molecule has 3 rings (SSSR count). The highest BCUT2D eigenvalue weighted by Gasteiger charge is 2.10. The average Bonchev–Trinajstić information content (AvgIpc) is 2.82. The van der Waals surface area contributed by atoms with E-state index in [1.165, 1.54) is 12.1 Å². The van der Waals surface area contributed by atoms with Gasteiger partial charge in [0.05, 0.1) is 0 Å². The largest absolute Gasteiger partial charge is 0.435 e. The second kappa shape index (κ2) is 5.12. The third kappa shape index (κ3) is 2.51. The highest BCUT2D eigenvalue weighted by Crippen LogP contribution is 2.26. The first-order valence-electron chi connectivity index (χ1n) is 5.75. The third-order valence-corrected chi connectivity index (χ3v) is 2.55. The number of aromatic nitrogens is 2. The first kappa shape index (κ1) is 12.3. The molecular formula is C13H9F2N3O2. The maximum absolute atomic E-state index is 12.2. The standard InChI is InChI=1S/C13H9F2N3O2/c14-13(15)19-9-4-1-3-8(7-9)17-12-11-10(20-18-12)5-2-6-16-11/h1-7,13H,(H,17,18). The van der Waals surface area contributed by atoms with E-state index in [0.717, 1.165) is 0 Å². The van der Waals surface area contributed by atoms with Gasteiger partial charge in [0.1, 0.15) is 5.75 Å². The molecule has 0 bridgehead atoms. The second-order valence-corrected chi connectivity index (χ2v) is 3.91. The smallest absolute Gasteiger partial charge is 0.387 e. The van der Waals surface area contributed by atoms with E-state index in [1.807, 2.05) is 0 Å². The van der Waals surface area contributed by atoms with E-state index in [9.17, 15) is 8.78 Å². The predicted molar refractivity (Wildman–Crippen MR) is 68.2 cm³/mol. The van der Waals surface area contributed by atoms with Crippen molar-refractivity contribution >= 4 is 22.6 Å². The summed E-state index contributed by atoms with van der Waals surface area (Å²) in [6.07, 6.45) is 1.61. The number of halogens is 2. The molecule has 102 valence electrons. The maximum atomic E-state index is 12.2. The number of benzene rings is 1. The van der Waals surface area contributed by atoms with Gasteiger partial charge in [-0.1, -0.05) is 11.2 Å². The Balaban J connectivity index is 1.87. The Hall–Kier alpha value is -2.70. The van der Waals surface area contributed by atoms with Gasteiger partial charge < -0.3 is 14.6 Å². The van der Waals surface area contributed by atoms with Crippen LogP contribution in [-0.4, -0.2) is 16.8 Å². The molecule has 1 aromatic carbocycles. The van der Waals surface area contributed by atoms with Crippen LogP contribution in [0.3, 0.4) is 0 Å². The molecule has 7 heteroatoms. The minimum absolute atomic E-state index is 0.0609. The van der Waals surface area contributed by atoms with Crippen LogP contribution in [0.2, 0.25) is 0 Å². The van der Waals surface area contributed by atoms with Crippen molar-refractivity contribution in [2.45, 2.75) is 6.61 Å². The molecule has 0 atom stereocenters. The number of pyridine rings is 1. The molecule has 0 saturated heterocycles. The van der Waals surface area contributed by atoms with Crippen LogP contribution in [0.4, 0.5) is 20.3 Å². The van der Waals surface area contributed by atoms with E-state index >= 15 is 0 Å². The van der Waals surface area contributed by atoms with E-state index in [1.54, 1.807) is 30.5 Å². The van der Waals surface area contributed by atoms with E-state index in [4.69, 9.17) is 4.52 Å². The first-order chi connectivity index (χ1) is 9.72. The fourth-order valence-electron chi connectivity index (χ4n) is 1.75. The molecule has 1 N–H and O–H groups in total. The number of hydrogen-bond donors (Lipinski definition) is 1. The lowest BCUT2D eigenvalue weighted by Crippen LogP contribution is -2.02. The fraction of sp³-hybridized carbons (Fsp3) is 0.0769. The Morgan fingerprint density at radius 2 is 2.10 bits per heavy atom. The minimum atomic E-state index is -2.86. The zero-order chi connectivity index (χ0) is 13.9. The van der Waals surface area contributed by atoms with Crippen LogP contribution in [-0.2, 0) is 0 Å². The topological polar surface area (TPSA) is 60.2 Å². The highest BCUT2D eigenvalue weighted by molar-refractivity contribution is 5.85. The van der Waals surface area contributed by atoms with Crippen LogP contribution >= 0.6 is 0 Å². The van der Waals surface area contributed by atoms with Crippen LogP contribution in [0.15, 0.2) is 47.1 Å². The van der Waals surface area contributed by atoms with Crippen molar-refractivity contribution in [3.05, 3.63) is 42.6 Å². The third-order valence-electron chi connectivity index (χ3n) is 2.55. The normalized spacial score (nSPS) is 10.9. The summed E-state index contributed by atoms with van der Waals surface area (Å²) in [5.41, 5.74) is 1.65. The number of anilines is 2. The average molecular weight is 277 g/mol. The molecule has 20 heavy (non-hydrogen) atoms. The molecule has 0 aliphatic rings. The van der Waals surface area contributed by atoms with Gasteiger partial charge in [-0.3, -0.25) is 0 Å². The number of rotatable bonds is 4. The Morgan fingerprint density at radius 1 is 1.20 bits per heavy atom. The SMILES string of the molecule is FC(F)Oc1cccc(Nc2noc3cccnc23)c1. The number of fused-ring (bicyclic) bond motifs is 1. The number of hydrogen-bond acceptors (Lipinski definition) is 5. The monoisotopic (exact) mass is 277 g/mol. The molecule has 0 radical (unpaired) electrons. The van der Waals surface area contributed by atoms with Crippen LogP contribution in [0.1, 0.15) is 0 Å². The van der Waals surface area contributed by atoms with Crippen molar-refractivity contribution in [3.63, 3.8) is 0 Å². The number of alkyl halides is 2. The van der Waals surface area contributed by atoms with Crippen LogP contribution < -0.4 is 10.1 Å². The van der Waals surface area contributed by atoms with E-state index in [0.29, 0.717) is 22.6 Å². The number of ether oxygens (including phenoxy) is 1. The Labute approximate surface area is 112 Å². The zero-order valence-corrected chi connectivity index (χ0v) is 10.1. The van der Waals surface area contributed by atoms with Gasteiger partial charge in [0, 0.05) is 18.0 Å². The van der Waals surface area contributed by atoms with Gasteiger partial charge in [-0.15, -0.1) is 0 Å². The van der Waals surface area contributed by atoms with E-state index < -0.39 is 6.61 Å². The Morgan fingerprint density at radius 3 is 2.95 bits per heavy atom. The van der Waals surface area contributed by atoms with Crippen LogP contribution in [0.5, 0.6) is 5.75 Å². The molecule has 0 aliphatic heterocycles. The van der Waals surface area contributed by atoms with Crippen molar-refractivity contribution in [3.8, 4) is 5.75 Å². The first-order valence-corrected chi connectivity index (χ1v) is 5.75. The summed E-state index contributed by atoms with van der Waals surface area (Å²) in [6.45, 7) is -2.86. The summed E-state index contributed by atoms with van der Waals surface area (Å²) >= 11 is 0. The summed E-state index contributed by atoms with van der Waals surface area (Å²) in [4.78, 5) is 4.14. The maximum Gasteiger partial charge on any atom is 0.387 e. The van der Waals surface area contributed by atoms with Crippen molar-refractivity contribution in [1.29, 1.82) is 0 Å². The molecule has 3 aromatic rings. The van der Waals surface area contributed by atoms with Gasteiger partial charge in [0.25, 0.3) is 0 Å². The molecular weight excluding hydrogens is 268 g/mol. The van der Waals surface area contributed by atoms with Gasteiger partial charge in [0.2, 0.25) is 5.82 Å². The van der Waals surface area contributed by atoms with Crippen molar-refractivity contribution in [1.82, 2.24) is 10.1 Å². The lowest BCUT2D eigenvalue weighted by Gasteiger charge is -2.07. The molecule has 0 aliphatic carbocycles. The van der Waals surface area contributed by atoms with Gasteiger partial charge >= 0.3 is 6.61 Å². The van der Waals surface area contributed by atoms with Crippen molar-refractivity contribution < 1.29 is 18.0 Å². The Bertz CT molecular complexity index is 730. The molecule has 0 saturated carbocycles. The minimum Gasteiger partial charge on any atom is -0.435 e. The molecule has 2 aromatic heterocycles. The molecule has 0 spiro atoms. The molecule has 0 unspecified atom stereocenters. The molecule has 2 heterocycles. The number of nitrogens with zero attached hydrogens (tertiary/aromatic N) is 2. The van der Waals surface area contributed by atoms with Crippen molar-refractivity contribution in [2.75, 3.05) is 5.32 Å². The predicted octanol–water partition coefficient (Wildman–Crippen LogP) is 3.57. The summed E-state index contributed by atoms with van der Waals surface area (Å²) in [6, 6.07) is 9.63. The van der Waals surface area contributed by atoms with Gasteiger partial charge in [-0.25, -0.2) is 4.98 Å². The van der Waals surface area contributed by atoms with E-state index in [2.05, 4.69) is 20.2 Å². The quantitative estimate of drug-likeness (QED) is 0.790. The van der Waals surface area contributed by atoms with E-state index in [-0.39, 0.29) is 5.75 Å². The highest BCUT2D eigenvalue weighted by atomic mass is 19.3. The van der Waals surface area contributed by atoms with Gasteiger partial charge in [-0.2, -0.15) is 8.78 Å². The second-order valence-electron chi connectivity index (χ2n) is 3.91. The zero-order valence-electron chi connectivity index (χ0n) is 10.1. The fourth-order valence-corrected chi connectivity index (χ4v) is 1.75. The summed E-state index contributed by atoms with van der Waals surface area (Å²) in [7, 11) is 0. The summed E-state index contributed by atoms with van der Waals surface area (Å²) < 4.78 is 33.7. The van der Waals surface area contributed by atoms with Gasteiger partial charge in [0.15, 0.2) is 11.1 Å². The molecule has 0 amide bonds. The lowest BCUT2D eigenvalue weighted by molar-refractivity contribution is -0.0497. The Kier molecular flexibility index (Phi) is 3.16. The summed E-state index contributed by atoms with van der Waals surface area (Å²) in [5, 5.41) is 6.79. The van der Waals surface area contributed by atoms with Crippen molar-refractivity contribution in [2.24, 2.45) is 0 Å².